The fourth-order valence-corrected chi connectivity index (χ4v) is 1.23. The maximum absolute atomic E-state index is 10.9. The molecule has 0 heterocycles. The molecule has 0 aliphatic carbocycles. The summed E-state index contributed by atoms with van der Waals surface area (Å²) in [6.07, 6.45) is 0. The highest BCUT2D eigenvalue weighted by atomic mass is 16.4. The van der Waals surface area contributed by atoms with Gasteiger partial charge in [-0.25, -0.2) is 0 Å². The largest absolute Gasteiger partial charge is 0.481 e. The fourth-order valence-electron chi connectivity index (χ4n) is 1.23. The molecular weight excluding hydrogens is 166 g/mol. The van der Waals surface area contributed by atoms with E-state index in [1.165, 1.54) is 0 Å². The van der Waals surface area contributed by atoms with Gasteiger partial charge in [0.25, 0.3) is 0 Å². The van der Waals surface area contributed by atoms with Crippen molar-refractivity contribution >= 4 is 5.97 Å². The lowest BCUT2D eigenvalue weighted by atomic mass is 9.92. The number of carboxylic acid groups (broad SMARTS) is 1. The van der Waals surface area contributed by atoms with Crippen molar-refractivity contribution in [2.45, 2.75) is 40.7 Å². The molecule has 0 radical (unpaired) electrons. The Bertz CT molecular complexity index is 176. The van der Waals surface area contributed by atoms with Crippen molar-refractivity contribution in [3.05, 3.63) is 0 Å². The van der Waals surface area contributed by atoms with Crippen LogP contribution in [0.5, 0.6) is 0 Å². The van der Waals surface area contributed by atoms with E-state index in [2.05, 4.69) is 25.7 Å². The summed E-state index contributed by atoms with van der Waals surface area (Å²) in [5.41, 5.74) is -0.653. The first-order chi connectivity index (χ1) is 5.81. The number of rotatable bonds is 5. The van der Waals surface area contributed by atoms with Gasteiger partial charge in [-0.15, -0.1) is 0 Å². The summed E-state index contributed by atoms with van der Waals surface area (Å²) < 4.78 is 0. The van der Waals surface area contributed by atoms with Crippen molar-refractivity contribution in [3.63, 3.8) is 0 Å². The molecule has 0 saturated carbocycles. The van der Waals surface area contributed by atoms with E-state index in [0.29, 0.717) is 12.6 Å². The lowest BCUT2D eigenvalue weighted by Gasteiger charge is -2.31. The predicted octanol–water partition coefficient (Wildman–Crippen LogP) is 1.83. The summed E-state index contributed by atoms with van der Waals surface area (Å²) in [4.78, 5) is 13.0. The lowest BCUT2D eigenvalue weighted by molar-refractivity contribution is -0.148. The second-order valence-corrected chi connectivity index (χ2v) is 4.35. The second kappa shape index (κ2) is 4.61. The third-order valence-electron chi connectivity index (χ3n) is 2.31. The Kier molecular flexibility index (Phi) is 4.40. The van der Waals surface area contributed by atoms with Crippen molar-refractivity contribution < 1.29 is 9.90 Å². The zero-order chi connectivity index (χ0) is 10.6. The molecule has 0 amide bonds. The summed E-state index contributed by atoms with van der Waals surface area (Å²) in [5.74, 6) is -0.730. The predicted molar refractivity (Wildman–Crippen MR) is 53.8 cm³/mol. The van der Waals surface area contributed by atoms with Crippen molar-refractivity contribution in [1.82, 2.24) is 4.90 Å². The second-order valence-electron chi connectivity index (χ2n) is 4.35. The van der Waals surface area contributed by atoms with Crippen LogP contribution in [0.25, 0.3) is 0 Å². The van der Waals surface area contributed by atoms with Crippen molar-refractivity contribution in [2.75, 3.05) is 13.1 Å². The van der Waals surface area contributed by atoms with Crippen LogP contribution in [-0.4, -0.2) is 35.1 Å². The van der Waals surface area contributed by atoms with Gasteiger partial charge >= 0.3 is 5.97 Å². The molecule has 0 bridgehead atoms. The van der Waals surface area contributed by atoms with Gasteiger partial charge in [0.2, 0.25) is 0 Å². The van der Waals surface area contributed by atoms with Crippen LogP contribution in [0.4, 0.5) is 0 Å². The minimum Gasteiger partial charge on any atom is -0.481 e. The Labute approximate surface area is 80.7 Å². The van der Waals surface area contributed by atoms with E-state index in [4.69, 9.17) is 5.11 Å². The molecule has 0 spiro atoms. The molecule has 0 aliphatic heterocycles. The Morgan fingerprint density at radius 1 is 1.46 bits per heavy atom. The molecular formula is C10H21NO2. The molecule has 0 atom stereocenters. The molecule has 78 valence electrons. The zero-order valence-electron chi connectivity index (χ0n) is 9.29. The van der Waals surface area contributed by atoms with Gasteiger partial charge < -0.3 is 10.0 Å². The molecule has 0 aromatic carbocycles. The van der Waals surface area contributed by atoms with Crippen LogP contribution in [0.1, 0.15) is 34.6 Å². The average molecular weight is 187 g/mol. The third kappa shape index (κ3) is 3.77. The quantitative estimate of drug-likeness (QED) is 0.713. The molecule has 1 N–H and O–H groups in total. The van der Waals surface area contributed by atoms with Gasteiger partial charge in [0.05, 0.1) is 5.41 Å². The van der Waals surface area contributed by atoms with Gasteiger partial charge in [0.15, 0.2) is 0 Å². The van der Waals surface area contributed by atoms with Gasteiger partial charge in [-0.3, -0.25) is 4.79 Å². The highest BCUT2D eigenvalue weighted by Crippen LogP contribution is 2.18. The fraction of sp³-hybridized carbons (Fsp3) is 0.900. The van der Waals surface area contributed by atoms with E-state index in [1.807, 2.05) is 0 Å². The van der Waals surface area contributed by atoms with E-state index < -0.39 is 11.4 Å². The highest BCUT2D eigenvalue weighted by molar-refractivity contribution is 5.73. The maximum Gasteiger partial charge on any atom is 0.310 e. The number of hydrogen-bond donors (Lipinski definition) is 1. The Hall–Kier alpha value is -0.570. The van der Waals surface area contributed by atoms with Crippen molar-refractivity contribution in [2.24, 2.45) is 5.41 Å². The number of aliphatic carboxylic acids is 1. The minimum atomic E-state index is -0.730. The number of carboxylic acids is 1. The van der Waals surface area contributed by atoms with E-state index in [9.17, 15) is 4.79 Å². The zero-order valence-corrected chi connectivity index (χ0v) is 9.29. The number of hydrogen-bond acceptors (Lipinski definition) is 2. The topological polar surface area (TPSA) is 40.5 Å². The van der Waals surface area contributed by atoms with E-state index in [0.717, 1.165) is 6.54 Å². The average Bonchev–Trinajstić information content (AvgIpc) is 1.99. The van der Waals surface area contributed by atoms with Gasteiger partial charge in [-0.05, 0) is 34.2 Å². The van der Waals surface area contributed by atoms with Crippen LogP contribution in [0, 0.1) is 5.41 Å². The molecule has 0 aliphatic rings. The van der Waals surface area contributed by atoms with Gasteiger partial charge in [-0.2, -0.15) is 0 Å². The van der Waals surface area contributed by atoms with Gasteiger partial charge in [0, 0.05) is 12.6 Å². The van der Waals surface area contributed by atoms with Crippen molar-refractivity contribution in [3.8, 4) is 0 Å². The monoisotopic (exact) mass is 187 g/mol. The smallest absolute Gasteiger partial charge is 0.310 e. The molecule has 0 aromatic heterocycles. The maximum atomic E-state index is 10.9. The summed E-state index contributed by atoms with van der Waals surface area (Å²) >= 11 is 0. The summed E-state index contributed by atoms with van der Waals surface area (Å²) in [5, 5.41) is 8.94. The Morgan fingerprint density at radius 3 is 2.15 bits per heavy atom. The van der Waals surface area contributed by atoms with E-state index in [-0.39, 0.29) is 0 Å². The van der Waals surface area contributed by atoms with Gasteiger partial charge in [0.1, 0.15) is 0 Å². The normalized spacial score (nSPS) is 12.5. The number of nitrogens with zero attached hydrogens (tertiary/aromatic N) is 1. The van der Waals surface area contributed by atoms with Crippen LogP contribution in [0.3, 0.4) is 0 Å². The third-order valence-corrected chi connectivity index (χ3v) is 2.31. The lowest BCUT2D eigenvalue weighted by Crippen LogP contribution is -2.42. The van der Waals surface area contributed by atoms with Crippen LogP contribution >= 0.6 is 0 Å². The van der Waals surface area contributed by atoms with Gasteiger partial charge in [-0.1, -0.05) is 6.92 Å². The molecule has 3 heteroatoms. The first kappa shape index (κ1) is 12.4. The minimum absolute atomic E-state index is 0.406. The Balaban J connectivity index is 4.30. The molecule has 0 aromatic rings. The van der Waals surface area contributed by atoms with Crippen LogP contribution < -0.4 is 0 Å². The van der Waals surface area contributed by atoms with Crippen LogP contribution in [-0.2, 0) is 4.79 Å². The summed E-state index contributed by atoms with van der Waals surface area (Å²) in [7, 11) is 0. The molecule has 0 fully saturated rings. The Morgan fingerprint density at radius 2 is 1.92 bits per heavy atom. The SMILES string of the molecule is CCN(CC(C)(C)C(=O)O)C(C)C. The molecule has 3 nitrogen and oxygen atoms in total. The summed E-state index contributed by atoms with van der Waals surface area (Å²) in [6, 6.07) is 0.406. The first-order valence-corrected chi connectivity index (χ1v) is 4.78. The number of carbonyl (C=O) groups is 1. The standard InChI is InChI=1S/C10H21NO2/c1-6-11(8(2)3)7-10(4,5)9(12)13/h8H,6-7H2,1-5H3,(H,12,13). The van der Waals surface area contributed by atoms with Crippen molar-refractivity contribution in [1.29, 1.82) is 0 Å². The molecule has 13 heavy (non-hydrogen) atoms. The van der Waals surface area contributed by atoms with E-state index in [1.54, 1.807) is 13.8 Å². The van der Waals surface area contributed by atoms with E-state index >= 15 is 0 Å². The van der Waals surface area contributed by atoms with Crippen LogP contribution in [0.2, 0.25) is 0 Å². The molecule has 0 saturated heterocycles. The summed E-state index contributed by atoms with van der Waals surface area (Å²) in [6.45, 7) is 11.3. The highest BCUT2D eigenvalue weighted by Gasteiger charge is 2.29. The molecule has 0 rings (SSSR count). The first-order valence-electron chi connectivity index (χ1n) is 4.78. The molecule has 0 unspecified atom stereocenters. The van der Waals surface area contributed by atoms with Crippen LogP contribution in [0.15, 0.2) is 0 Å².